The number of rotatable bonds is 1. The average Bonchev–Trinajstić information content (AvgIpc) is 1.89. The van der Waals surface area contributed by atoms with Crippen molar-refractivity contribution < 1.29 is 9.53 Å². The zero-order chi connectivity index (χ0) is 7.61. The summed E-state index contributed by atoms with van der Waals surface area (Å²) < 4.78 is 5.20. The molecule has 1 atom stereocenters. The van der Waals surface area contributed by atoms with Crippen LogP contribution in [0.2, 0.25) is 0 Å². The molecule has 56 valence electrons. The maximum atomic E-state index is 11.0. The number of Topliss-reactive ketones (excluding diaryl/α,β-unsaturated/α-hetero) is 1. The zero-order valence-corrected chi connectivity index (χ0v) is 6.39. The Hall–Kier alpha value is -0.790. The maximum Gasteiger partial charge on any atom is 0.172 e. The van der Waals surface area contributed by atoms with E-state index in [-0.39, 0.29) is 5.78 Å². The highest BCUT2D eigenvalue weighted by Crippen LogP contribution is 2.23. The van der Waals surface area contributed by atoms with Crippen molar-refractivity contribution in [1.82, 2.24) is 0 Å². The van der Waals surface area contributed by atoms with Crippen LogP contribution in [0.25, 0.3) is 0 Å². The fourth-order valence-electron chi connectivity index (χ4n) is 0.943. The van der Waals surface area contributed by atoms with Crippen molar-refractivity contribution in [1.29, 1.82) is 0 Å². The molecule has 2 heteroatoms. The molecule has 1 aliphatic heterocycles. The third kappa shape index (κ3) is 1.20. The van der Waals surface area contributed by atoms with E-state index in [0.29, 0.717) is 0 Å². The highest BCUT2D eigenvalue weighted by Gasteiger charge is 2.31. The molecule has 0 aromatic heterocycles. The quantitative estimate of drug-likeness (QED) is 0.553. The van der Waals surface area contributed by atoms with Crippen molar-refractivity contribution in [3.63, 3.8) is 0 Å². The lowest BCUT2D eigenvalue weighted by atomic mass is 9.94. The second-order valence-corrected chi connectivity index (χ2v) is 2.82. The summed E-state index contributed by atoms with van der Waals surface area (Å²) in [7, 11) is 0. The minimum atomic E-state index is -0.547. The Kier molecular flexibility index (Phi) is 1.79. The Morgan fingerprint density at radius 1 is 1.70 bits per heavy atom. The van der Waals surface area contributed by atoms with E-state index in [4.69, 9.17) is 4.74 Å². The second kappa shape index (κ2) is 2.45. The van der Waals surface area contributed by atoms with Crippen molar-refractivity contribution in [2.24, 2.45) is 0 Å². The van der Waals surface area contributed by atoms with E-state index in [1.807, 2.05) is 13.0 Å². The fraction of sp³-hybridized carbons (Fsp3) is 0.625. The summed E-state index contributed by atoms with van der Waals surface area (Å²) >= 11 is 0. The van der Waals surface area contributed by atoms with Crippen LogP contribution in [0.5, 0.6) is 0 Å². The molecule has 0 saturated heterocycles. The standard InChI is InChI=1S/C8H12O2/c1-7(9)8(2)5-3-4-6-10-8/h4,6H,3,5H2,1-2H3. The monoisotopic (exact) mass is 140 g/mol. The summed E-state index contributed by atoms with van der Waals surface area (Å²) in [4.78, 5) is 11.0. The van der Waals surface area contributed by atoms with Gasteiger partial charge in [0.2, 0.25) is 0 Å². The van der Waals surface area contributed by atoms with Crippen molar-refractivity contribution >= 4 is 5.78 Å². The van der Waals surface area contributed by atoms with Gasteiger partial charge in [-0.25, -0.2) is 0 Å². The molecule has 1 unspecified atom stereocenters. The van der Waals surface area contributed by atoms with E-state index in [1.54, 1.807) is 13.2 Å². The summed E-state index contributed by atoms with van der Waals surface area (Å²) in [6.07, 6.45) is 5.30. The summed E-state index contributed by atoms with van der Waals surface area (Å²) in [5, 5.41) is 0. The third-order valence-corrected chi connectivity index (χ3v) is 1.96. The van der Waals surface area contributed by atoms with E-state index in [9.17, 15) is 4.79 Å². The molecule has 0 amide bonds. The van der Waals surface area contributed by atoms with Crippen LogP contribution < -0.4 is 0 Å². The predicted molar refractivity (Wildman–Crippen MR) is 38.5 cm³/mol. The van der Waals surface area contributed by atoms with E-state index >= 15 is 0 Å². The van der Waals surface area contributed by atoms with Gasteiger partial charge in [0.15, 0.2) is 11.4 Å². The Labute approximate surface area is 60.9 Å². The van der Waals surface area contributed by atoms with Crippen LogP contribution in [0.15, 0.2) is 12.3 Å². The van der Waals surface area contributed by atoms with Crippen molar-refractivity contribution in [3.05, 3.63) is 12.3 Å². The van der Waals surface area contributed by atoms with Crippen LogP contribution in [-0.4, -0.2) is 11.4 Å². The normalized spacial score (nSPS) is 31.4. The Morgan fingerprint density at radius 2 is 2.40 bits per heavy atom. The molecular weight excluding hydrogens is 128 g/mol. The number of carbonyl (C=O) groups excluding carboxylic acids is 1. The Bertz CT molecular complexity index is 172. The molecule has 0 N–H and O–H groups in total. The molecule has 0 spiro atoms. The lowest BCUT2D eigenvalue weighted by Crippen LogP contribution is -2.36. The fourth-order valence-corrected chi connectivity index (χ4v) is 0.943. The van der Waals surface area contributed by atoms with Gasteiger partial charge in [-0.05, 0) is 32.8 Å². The highest BCUT2D eigenvalue weighted by atomic mass is 16.5. The predicted octanol–water partition coefficient (Wildman–Crippen LogP) is 1.66. The molecule has 1 aliphatic rings. The first-order valence-electron chi connectivity index (χ1n) is 3.49. The molecule has 0 fully saturated rings. The smallest absolute Gasteiger partial charge is 0.172 e. The average molecular weight is 140 g/mol. The summed E-state index contributed by atoms with van der Waals surface area (Å²) in [5.74, 6) is 0.108. The zero-order valence-electron chi connectivity index (χ0n) is 6.39. The van der Waals surface area contributed by atoms with E-state index in [2.05, 4.69) is 0 Å². The third-order valence-electron chi connectivity index (χ3n) is 1.96. The molecule has 2 nitrogen and oxygen atoms in total. The van der Waals surface area contributed by atoms with Gasteiger partial charge in [0.1, 0.15) is 0 Å². The number of hydrogen-bond donors (Lipinski definition) is 0. The lowest BCUT2D eigenvalue weighted by molar-refractivity contribution is -0.135. The molecule has 1 heterocycles. The largest absolute Gasteiger partial charge is 0.488 e. The minimum Gasteiger partial charge on any atom is -0.488 e. The van der Waals surface area contributed by atoms with Crippen LogP contribution in [0, 0.1) is 0 Å². The number of ketones is 1. The number of carbonyl (C=O) groups is 1. The van der Waals surface area contributed by atoms with E-state index in [0.717, 1.165) is 12.8 Å². The molecule has 0 saturated carbocycles. The maximum absolute atomic E-state index is 11.0. The van der Waals surface area contributed by atoms with Crippen molar-refractivity contribution in [2.75, 3.05) is 0 Å². The van der Waals surface area contributed by atoms with Crippen molar-refractivity contribution in [3.8, 4) is 0 Å². The van der Waals surface area contributed by atoms with Gasteiger partial charge in [-0.2, -0.15) is 0 Å². The first-order valence-corrected chi connectivity index (χ1v) is 3.49. The molecular formula is C8H12O2. The number of allylic oxidation sites excluding steroid dienone is 1. The van der Waals surface area contributed by atoms with E-state index < -0.39 is 5.60 Å². The second-order valence-electron chi connectivity index (χ2n) is 2.82. The van der Waals surface area contributed by atoms with E-state index in [1.165, 1.54) is 0 Å². The van der Waals surface area contributed by atoms with Gasteiger partial charge in [0.25, 0.3) is 0 Å². The van der Waals surface area contributed by atoms with Crippen LogP contribution in [0.3, 0.4) is 0 Å². The van der Waals surface area contributed by atoms with Gasteiger partial charge in [0.05, 0.1) is 6.26 Å². The van der Waals surface area contributed by atoms with Crippen LogP contribution in [0.4, 0.5) is 0 Å². The molecule has 0 bridgehead atoms. The number of ether oxygens (including phenoxy) is 1. The van der Waals surface area contributed by atoms with Gasteiger partial charge in [-0.15, -0.1) is 0 Å². The van der Waals surface area contributed by atoms with Gasteiger partial charge in [-0.3, -0.25) is 4.79 Å². The topological polar surface area (TPSA) is 26.3 Å². The first kappa shape index (κ1) is 7.32. The SMILES string of the molecule is CC(=O)C1(C)CCC=CO1. The molecule has 0 aliphatic carbocycles. The first-order chi connectivity index (χ1) is 4.65. The summed E-state index contributed by atoms with van der Waals surface area (Å²) in [6, 6.07) is 0. The van der Waals surface area contributed by atoms with Crippen LogP contribution >= 0.6 is 0 Å². The van der Waals surface area contributed by atoms with Gasteiger partial charge in [-0.1, -0.05) is 0 Å². The van der Waals surface area contributed by atoms with Crippen LogP contribution in [-0.2, 0) is 9.53 Å². The Balaban J connectivity index is 2.68. The van der Waals surface area contributed by atoms with Crippen molar-refractivity contribution in [2.45, 2.75) is 32.3 Å². The molecule has 0 aromatic carbocycles. The van der Waals surface area contributed by atoms with Crippen LogP contribution in [0.1, 0.15) is 26.7 Å². The Morgan fingerprint density at radius 3 is 2.70 bits per heavy atom. The molecule has 1 rings (SSSR count). The summed E-state index contributed by atoms with van der Waals surface area (Å²) in [5.41, 5.74) is -0.547. The lowest BCUT2D eigenvalue weighted by Gasteiger charge is -2.28. The highest BCUT2D eigenvalue weighted by molar-refractivity contribution is 5.84. The van der Waals surface area contributed by atoms with Gasteiger partial charge < -0.3 is 4.74 Å². The van der Waals surface area contributed by atoms with Gasteiger partial charge >= 0.3 is 0 Å². The minimum absolute atomic E-state index is 0.108. The van der Waals surface area contributed by atoms with Gasteiger partial charge in [0, 0.05) is 0 Å². The molecule has 0 aromatic rings. The summed E-state index contributed by atoms with van der Waals surface area (Å²) in [6.45, 7) is 3.40. The molecule has 10 heavy (non-hydrogen) atoms. The molecule has 0 radical (unpaired) electrons. The number of hydrogen-bond acceptors (Lipinski definition) is 2.